The van der Waals surface area contributed by atoms with Gasteiger partial charge in [-0.2, -0.15) is 0 Å². The Morgan fingerprint density at radius 3 is 1.74 bits per heavy atom. The zero-order valence-corrected chi connectivity index (χ0v) is 21.4. The summed E-state index contributed by atoms with van der Waals surface area (Å²) in [6.45, 7) is 5.32. The van der Waals surface area contributed by atoms with Crippen molar-refractivity contribution < 1.29 is 18.8 Å². The van der Waals surface area contributed by atoms with Crippen molar-refractivity contribution in [1.29, 1.82) is 0 Å². The molecule has 1 heterocycles. The van der Waals surface area contributed by atoms with Crippen molar-refractivity contribution >= 4 is 40.1 Å². The average Bonchev–Trinajstić information content (AvgIpc) is 2.88. The summed E-state index contributed by atoms with van der Waals surface area (Å²) in [6, 6.07) is 23.8. The molecule has 1 atom stereocenters. The molecule has 0 aliphatic heterocycles. The lowest BCUT2D eigenvalue weighted by atomic mass is 9.83. The van der Waals surface area contributed by atoms with E-state index in [-0.39, 0.29) is 10.9 Å². The number of benzene rings is 3. The predicted octanol–water partition coefficient (Wildman–Crippen LogP) is 4.68. The van der Waals surface area contributed by atoms with Crippen LogP contribution < -0.4 is 21.4 Å². The Morgan fingerprint density at radius 1 is 0.711 bits per heavy atom. The monoisotopic (exact) mass is 511 g/mol. The van der Waals surface area contributed by atoms with Gasteiger partial charge in [-0.1, -0.05) is 48.5 Å². The largest absolute Gasteiger partial charge is 0.464 e. The number of fused-ring (bicyclic) bond motifs is 1. The van der Waals surface area contributed by atoms with Crippen LogP contribution in [0, 0.1) is 5.92 Å². The minimum absolute atomic E-state index is 0.0955. The molecular formula is C30H29N3O5. The molecule has 0 saturated carbocycles. The smallest absolute Gasteiger partial charge is 0.238 e. The molecule has 3 N–H and O–H groups in total. The number of anilines is 2. The fourth-order valence-electron chi connectivity index (χ4n) is 4.13. The molecule has 194 valence electrons. The minimum Gasteiger partial charge on any atom is -0.464 e. The maximum absolute atomic E-state index is 13.8. The van der Waals surface area contributed by atoms with Crippen LogP contribution in [0.15, 0.2) is 100 Å². The topological polar surface area (TPSA) is 118 Å². The summed E-state index contributed by atoms with van der Waals surface area (Å²) in [5.74, 6) is -5.24. The van der Waals surface area contributed by atoms with Gasteiger partial charge in [-0.05, 0) is 57.2 Å². The number of hydrogen-bond acceptors (Lipinski definition) is 5. The van der Waals surface area contributed by atoms with Crippen LogP contribution in [-0.2, 0) is 14.4 Å². The molecule has 8 heteroatoms. The molecule has 0 radical (unpaired) electrons. The number of rotatable bonds is 7. The van der Waals surface area contributed by atoms with E-state index in [0.29, 0.717) is 17.0 Å². The SMILES string of the molecule is CC(C)(C)NC(=O)C(c1coc2ccccc2c1=O)C(C(=O)Nc1ccccc1)C(=O)Nc1ccccc1. The van der Waals surface area contributed by atoms with Crippen molar-refractivity contribution in [2.24, 2.45) is 5.92 Å². The van der Waals surface area contributed by atoms with Crippen LogP contribution in [0.25, 0.3) is 11.0 Å². The molecule has 4 aromatic rings. The lowest BCUT2D eigenvalue weighted by molar-refractivity contribution is -0.136. The summed E-state index contributed by atoms with van der Waals surface area (Å²) in [5.41, 5.74) is -0.0861. The molecule has 0 aliphatic rings. The lowest BCUT2D eigenvalue weighted by Gasteiger charge is -2.29. The standard InChI is InChI=1S/C30H29N3O5/c1-30(2,3)33-29(37)24(22-18-38-23-17-11-10-16-21(23)26(22)34)25(27(35)31-19-12-6-4-7-13-19)28(36)32-20-14-8-5-9-15-20/h4-18,24-25H,1-3H3,(H,31,35)(H,32,36)(H,33,37). The van der Waals surface area contributed by atoms with E-state index in [0.717, 1.165) is 6.26 Å². The van der Waals surface area contributed by atoms with Crippen molar-refractivity contribution in [3.05, 3.63) is 107 Å². The third-order valence-electron chi connectivity index (χ3n) is 5.80. The van der Waals surface area contributed by atoms with Gasteiger partial charge < -0.3 is 20.4 Å². The van der Waals surface area contributed by atoms with Crippen molar-refractivity contribution in [1.82, 2.24) is 5.32 Å². The summed E-state index contributed by atoms with van der Waals surface area (Å²) >= 11 is 0. The van der Waals surface area contributed by atoms with Gasteiger partial charge in [0.25, 0.3) is 0 Å². The molecule has 38 heavy (non-hydrogen) atoms. The summed E-state index contributed by atoms with van der Waals surface area (Å²) in [7, 11) is 0. The number of carbonyl (C=O) groups excluding carboxylic acids is 3. The highest BCUT2D eigenvalue weighted by atomic mass is 16.3. The highest BCUT2D eigenvalue weighted by Gasteiger charge is 2.43. The van der Waals surface area contributed by atoms with Crippen molar-refractivity contribution in [3.8, 4) is 0 Å². The molecule has 0 fully saturated rings. The summed E-state index contributed by atoms with van der Waals surface area (Å²) in [5, 5.41) is 8.51. The van der Waals surface area contributed by atoms with Crippen LogP contribution in [0.3, 0.4) is 0 Å². The molecular weight excluding hydrogens is 482 g/mol. The molecule has 0 aliphatic carbocycles. The van der Waals surface area contributed by atoms with Crippen LogP contribution in [0.4, 0.5) is 11.4 Å². The molecule has 3 amide bonds. The first-order valence-electron chi connectivity index (χ1n) is 12.2. The van der Waals surface area contributed by atoms with Gasteiger partial charge in [0.2, 0.25) is 17.7 Å². The van der Waals surface area contributed by atoms with Crippen LogP contribution in [0.5, 0.6) is 0 Å². The third-order valence-corrected chi connectivity index (χ3v) is 5.80. The first kappa shape index (κ1) is 26.3. The number of para-hydroxylation sites is 3. The van der Waals surface area contributed by atoms with E-state index in [1.165, 1.54) is 0 Å². The molecule has 4 rings (SSSR count). The zero-order valence-electron chi connectivity index (χ0n) is 21.4. The number of hydrogen-bond donors (Lipinski definition) is 3. The van der Waals surface area contributed by atoms with Crippen LogP contribution in [0.2, 0.25) is 0 Å². The van der Waals surface area contributed by atoms with E-state index < -0.39 is 40.5 Å². The van der Waals surface area contributed by atoms with Crippen LogP contribution >= 0.6 is 0 Å². The summed E-state index contributed by atoms with van der Waals surface area (Å²) in [4.78, 5) is 54.8. The van der Waals surface area contributed by atoms with Crippen LogP contribution in [-0.4, -0.2) is 23.3 Å². The van der Waals surface area contributed by atoms with Gasteiger partial charge in [0.15, 0.2) is 5.43 Å². The summed E-state index contributed by atoms with van der Waals surface area (Å²) < 4.78 is 5.69. The molecule has 0 spiro atoms. The maximum Gasteiger partial charge on any atom is 0.238 e. The number of amides is 3. The highest BCUT2D eigenvalue weighted by molar-refractivity contribution is 6.14. The van der Waals surface area contributed by atoms with E-state index in [9.17, 15) is 19.2 Å². The molecule has 1 aromatic heterocycles. The highest BCUT2D eigenvalue weighted by Crippen LogP contribution is 2.29. The molecule has 0 bridgehead atoms. The van der Waals surface area contributed by atoms with E-state index in [1.807, 2.05) is 0 Å². The molecule has 0 saturated heterocycles. The summed E-state index contributed by atoms with van der Waals surface area (Å²) in [6.07, 6.45) is 1.16. The fourth-order valence-corrected chi connectivity index (χ4v) is 4.13. The van der Waals surface area contributed by atoms with Gasteiger partial charge >= 0.3 is 0 Å². The molecule has 1 unspecified atom stereocenters. The van der Waals surface area contributed by atoms with Crippen molar-refractivity contribution in [2.75, 3.05) is 10.6 Å². The van der Waals surface area contributed by atoms with E-state index >= 15 is 0 Å². The lowest BCUT2D eigenvalue weighted by Crippen LogP contribution is -2.50. The van der Waals surface area contributed by atoms with Crippen LogP contribution in [0.1, 0.15) is 32.3 Å². The second-order valence-corrected chi connectivity index (χ2v) is 9.92. The second-order valence-electron chi connectivity index (χ2n) is 9.92. The van der Waals surface area contributed by atoms with Gasteiger partial charge in [-0.3, -0.25) is 19.2 Å². The Morgan fingerprint density at radius 2 is 1.21 bits per heavy atom. The Bertz CT molecular complexity index is 1450. The number of nitrogens with one attached hydrogen (secondary N) is 3. The first-order valence-corrected chi connectivity index (χ1v) is 12.2. The third kappa shape index (κ3) is 6.15. The Balaban J connectivity index is 1.86. The van der Waals surface area contributed by atoms with Crippen molar-refractivity contribution in [2.45, 2.75) is 32.2 Å². The second kappa shape index (κ2) is 11.1. The Kier molecular flexibility index (Phi) is 7.71. The predicted molar refractivity (Wildman–Crippen MR) is 147 cm³/mol. The van der Waals surface area contributed by atoms with Gasteiger partial charge in [0, 0.05) is 22.5 Å². The van der Waals surface area contributed by atoms with Gasteiger partial charge in [-0.25, -0.2) is 0 Å². The Labute approximate surface area is 220 Å². The maximum atomic E-state index is 13.8. The van der Waals surface area contributed by atoms with Gasteiger partial charge in [0.1, 0.15) is 11.5 Å². The normalized spacial score (nSPS) is 12.1. The number of carbonyl (C=O) groups is 3. The quantitative estimate of drug-likeness (QED) is 0.311. The minimum atomic E-state index is -1.61. The molecule has 3 aromatic carbocycles. The van der Waals surface area contributed by atoms with Crippen molar-refractivity contribution in [3.63, 3.8) is 0 Å². The fraction of sp³-hybridized carbons (Fsp3) is 0.200. The van der Waals surface area contributed by atoms with E-state index in [2.05, 4.69) is 16.0 Å². The van der Waals surface area contributed by atoms with Gasteiger partial charge in [0.05, 0.1) is 17.6 Å². The van der Waals surface area contributed by atoms with Gasteiger partial charge in [-0.15, -0.1) is 0 Å². The van der Waals surface area contributed by atoms with E-state index in [4.69, 9.17) is 4.42 Å². The zero-order chi connectivity index (χ0) is 27.3. The average molecular weight is 512 g/mol. The van der Waals surface area contributed by atoms with E-state index in [1.54, 1.807) is 106 Å². The Hall–Kier alpha value is -4.72. The molecule has 8 nitrogen and oxygen atoms in total. The first-order chi connectivity index (χ1) is 18.1.